The number of rotatable bonds is 5. The number of nitrogens with zero attached hydrogens (tertiary/aromatic N) is 1. The lowest BCUT2D eigenvalue weighted by atomic mass is 9.82. The molecule has 1 saturated heterocycles. The molecule has 1 aromatic rings. The Bertz CT molecular complexity index is 442. The number of benzene rings is 1. The highest BCUT2D eigenvalue weighted by molar-refractivity contribution is 7.81. The van der Waals surface area contributed by atoms with Crippen molar-refractivity contribution < 1.29 is 4.79 Å². The second kappa shape index (κ2) is 6.66. The molecule has 110 valence electrons. The number of hydrogen-bond donors (Lipinski definition) is 1. The molecule has 1 atom stereocenters. The van der Waals surface area contributed by atoms with E-state index in [1.807, 2.05) is 23.1 Å². The summed E-state index contributed by atoms with van der Waals surface area (Å²) in [7, 11) is 0. The van der Waals surface area contributed by atoms with Gasteiger partial charge < -0.3 is 4.90 Å². The molecule has 1 aromatic carbocycles. The Morgan fingerprint density at radius 2 is 1.95 bits per heavy atom. The largest absolute Gasteiger partial charge is 0.341 e. The summed E-state index contributed by atoms with van der Waals surface area (Å²) in [5, 5.41) is -0.220. The highest BCUT2D eigenvalue weighted by Gasteiger charge is 2.38. The van der Waals surface area contributed by atoms with Crippen LogP contribution in [0.2, 0.25) is 0 Å². The highest BCUT2D eigenvalue weighted by atomic mass is 32.1. The molecule has 20 heavy (non-hydrogen) atoms. The van der Waals surface area contributed by atoms with Gasteiger partial charge in [0.05, 0.1) is 5.25 Å². The summed E-state index contributed by atoms with van der Waals surface area (Å²) in [6, 6.07) is 10.1. The number of thiol groups is 1. The van der Waals surface area contributed by atoms with Gasteiger partial charge in [-0.2, -0.15) is 12.6 Å². The molecule has 3 heteroatoms. The van der Waals surface area contributed by atoms with Crippen LogP contribution in [0.4, 0.5) is 0 Å². The van der Waals surface area contributed by atoms with Crippen molar-refractivity contribution in [2.24, 2.45) is 5.41 Å². The molecule has 0 saturated carbocycles. The third-order valence-electron chi connectivity index (χ3n) is 4.81. The minimum absolute atomic E-state index is 0.195. The third-order valence-corrected chi connectivity index (χ3v) is 5.21. The molecule has 1 aliphatic heterocycles. The van der Waals surface area contributed by atoms with Gasteiger partial charge in [0.25, 0.3) is 0 Å². The van der Waals surface area contributed by atoms with Crippen LogP contribution in [0.15, 0.2) is 30.3 Å². The van der Waals surface area contributed by atoms with E-state index in [4.69, 9.17) is 0 Å². The average Bonchev–Trinajstić information content (AvgIpc) is 2.92. The Hall–Kier alpha value is -0.960. The Morgan fingerprint density at radius 3 is 2.50 bits per heavy atom. The summed E-state index contributed by atoms with van der Waals surface area (Å²) in [6.45, 7) is 6.27. The highest BCUT2D eigenvalue weighted by Crippen LogP contribution is 2.37. The fourth-order valence-electron chi connectivity index (χ4n) is 3.09. The Kier molecular flexibility index (Phi) is 5.14. The molecular weight excluding hydrogens is 266 g/mol. The standard InChI is InChI=1S/C17H25NOS/c1-3-17(4-2)10-11-18(13-17)16(19)15(20)12-14-8-6-5-7-9-14/h5-9,15,20H,3-4,10-13H2,1-2H3. The smallest absolute Gasteiger partial charge is 0.235 e. The minimum Gasteiger partial charge on any atom is -0.341 e. The average molecular weight is 291 g/mol. The van der Waals surface area contributed by atoms with E-state index in [0.29, 0.717) is 11.8 Å². The monoisotopic (exact) mass is 291 g/mol. The van der Waals surface area contributed by atoms with Crippen molar-refractivity contribution in [3.05, 3.63) is 35.9 Å². The summed E-state index contributed by atoms with van der Waals surface area (Å²) in [4.78, 5) is 14.5. The zero-order chi connectivity index (χ0) is 14.6. The minimum atomic E-state index is -0.220. The van der Waals surface area contributed by atoms with Crippen LogP contribution < -0.4 is 0 Å². The van der Waals surface area contributed by atoms with Crippen LogP contribution in [0, 0.1) is 5.41 Å². The van der Waals surface area contributed by atoms with Crippen molar-refractivity contribution in [3.63, 3.8) is 0 Å². The number of amides is 1. The van der Waals surface area contributed by atoms with Gasteiger partial charge in [-0.3, -0.25) is 4.79 Å². The lowest BCUT2D eigenvalue weighted by Gasteiger charge is -2.27. The van der Waals surface area contributed by atoms with Crippen molar-refractivity contribution in [3.8, 4) is 0 Å². The van der Waals surface area contributed by atoms with Crippen LogP contribution in [-0.4, -0.2) is 29.1 Å². The normalized spacial score (nSPS) is 19.1. The number of likely N-dealkylation sites (tertiary alicyclic amines) is 1. The zero-order valence-corrected chi connectivity index (χ0v) is 13.4. The van der Waals surface area contributed by atoms with Crippen LogP contribution in [-0.2, 0) is 11.2 Å². The van der Waals surface area contributed by atoms with E-state index >= 15 is 0 Å². The molecule has 1 amide bonds. The third kappa shape index (κ3) is 3.38. The van der Waals surface area contributed by atoms with Gasteiger partial charge in [-0.25, -0.2) is 0 Å². The molecule has 1 aliphatic rings. The van der Waals surface area contributed by atoms with Crippen LogP contribution in [0.25, 0.3) is 0 Å². The van der Waals surface area contributed by atoms with Gasteiger partial charge in [0.1, 0.15) is 0 Å². The zero-order valence-electron chi connectivity index (χ0n) is 12.5. The second-order valence-corrected chi connectivity index (χ2v) is 6.55. The van der Waals surface area contributed by atoms with E-state index in [1.165, 1.54) is 5.56 Å². The number of carbonyl (C=O) groups excluding carboxylic acids is 1. The predicted octanol–water partition coefficient (Wildman–Crippen LogP) is 3.57. The van der Waals surface area contributed by atoms with E-state index in [0.717, 1.165) is 32.4 Å². The molecule has 2 nitrogen and oxygen atoms in total. The van der Waals surface area contributed by atoms with E-state index in [9.17, 15) is 4.79 Å². The molecule has 0 bridgehead atoms. The van der Waals surface area contributed by atoms with Crippen molar-refractivity contribution in [2.75, 3.05) is 13.1 Å². The quantitative estimate of drug-likeness (QED) is 0.822. The van der Waals surface area contributed by atoms with Crippen LogP contribution in [0.3, 0.4) is 0 Å². The fraction of sp³-hybridized carbons (Fsp3) is 0.588. The first kappa shape index (κ1) is 15.4. The van der Waals surface area contributed by atoms with Crippen LogP contribution in [0.1, 0.15) is 38.7 Å². The maximum Gasteiger partial charge on any atom is 0.235 e. The molecule has 0 aromatic heterocycles. The van der Waals surface area contributed by atoms with Crippen molar-refractivity contribution in [1.82, 2.24) is 4.90 Å². The van der Waals surface area contributed by atoms with Crippen LogP contribution >= 0.6 is 12.6 Å². The Balaban J connectivity index is 1.95. The molecule has 0 N–H and O–H groups in total. The molecule has 1 unspecified atom stereocenters. The second-order valence-electron chi connectivity index (χ2n) is 5.92. The fourth-order valence-corrected chi connectivity index (χ4v) is 3.46. The van der Waals surface area contributed by atoms with Gasteiger partial charge in [-0.15, -0.1) is 0 Å². The van der Waals surface area contributed by atoms with Crippen molar-refractivity contribution in [2.45, 2.75) is 44.8 Å². The lowest BCUT2D eigenvalue weighted by molar-refractivity contribution is -0.129. The van der Waals surface area contributed by atoms with Gasteiger partial charge in [-0.1, -0.05) is 44.2 Å². The van der Waals surface area contributed by atoms with E-state index in [-0.39, 0.29) is 11.2 Å². The Morgan fingerprint density at radius 1 is 1.30 bits per heavy atom. The summed E-state index contributed by atoms with van der Waals surface area (Å²) < 4.78 is 0. The van der Waals surface area contributed by atoms with E-state index in [2.05, 4.69) is 38.6 Å². The van der Waals surface area contributed by atoms with Crippen molar-refractivity contribution in [1.29, 1.82) is 0 Å². The molecule has 1 heterocycles. The van der Waals surface area contributed by atoms with Gasteiger partial charge in [-0.05, 0) is 36.7 Å². The molecule has 0 aliphatic carbocycles. The van der Waals surface area contributed by atoms with Gasteiger partial charge in [0.2, 0.25) is 5.91 Å². The molecule has 0 spiro atoms. The predicted molar refractivity (Wildman–Crippen MR) is 87.1 cm³/mol. The topological polar surface area (TPSA) is 20.3 Å². The Labute approximate surface area is 128 Å². The van der Waals surface area contributed by atoms with Gasteiger partial charge >= 0.3 is 0 Å². The molecular formula is C17H25NOS. The molecule has 1 fully saturated rings. The first-order valence-corrected chi connectivity index (χ1v) is 8.12. The van der Waals surface area contributed by atoms with Crippen LogP contribution in [0.5, 0.6) is 0 Å². The molecule has 0 radical (unpaired) electrons. The summed E-state index contributed by atoms with van der Waals surface area (Å²) in [5.74, 6) is 0.195. The maximum absolute atomic E-state index is 12.5. The van der Waals surface area contributed by atoms with Crippen molar-refractivity contribution >= 4 is 18.5 Å². The summed E-state index contributed by atoms with van der Waals surface area (Å²) >= 11 is 4.54. The van der Waals surface area contributed by atoms with Gasteiger partial charge in [0, 0.05) is 13.1 Å². The summed E-state index contributed by atoms with van der Waals surface area (Å²) in [6.07, 6.45) is 4.16. The first-order chi connectivity index (χ1) is 9.60. The number of carbonyl (C=O) groups is 1. The first-order valence-electron chi connectivity index (χ1n) is 7.61. The lowest BCUT2D eigenvalue weighted by Crippen LogP contribution is -2.37. The number of hydrogen-bond acceptors (Lipinski definition) is 2. The van der Waals surface area contributed by atoms with E-state index < -0.39 is 0 Å². The molecule has 2 rings (SSSR count). The van der Waals surface area contributed by atoms with Gasteiger partial charge in [0.15, 0.2) is 0 Å². The SMILES string of the molecule is CCC1(CC)CCN(C(=O)C(S)Cc2ccccc2)C1. The van der Waals surface area contributed by atoms with E-state index in [1.54, 1.807) is 0 Å². The summed E-state index contributed by atoms with van der Waals surface area (Å²) in [5.41, 5.74) is 1.52. The maximum atomic E-state index is 12.5.